The van der Waals surface area contributed by atoms with Crippen LogP contribution in [0.4, 0.5) is 11.5 Å². The summed E-state index contributed by atoms with van der Waals surface area (Å²) in [5.41, 5.74) is 0.867. The molecule has 0 unspecified atom stereocenters. The van der Waals surface area contributed by atoms with E-state index in [0.29, 0.717) is 29.8 Å². The quantitative estimate of drug-likeness (QED) is 0.520. The van der Waals surface area contributed by atoms with Gasteiger partial charge in [0.2, 0.25) is 0 Å². The number of rotatable bonds is 5. The lowest BCUT2D eigenvalue weighted by Gasteiger charge is -2.07. The van der Waals surface area contributed by atoms with Crippen molar-refractivity contribution in [2.24, 2.45) is 0 Å². The smallest absolute Gasteiger partial charge is 0.269 e. The third-order valence-corrected chi connectivity index (χ3v) is 2.85. The second-order valence-electron chi connectivity index (χ2n) is 4.13. The molecule has 2 rings (SSSR count). The Kier molecular flexibility index (Phi) is 4.47. The Morgan fingerprint density at radius 2 is 2.15 bits per heavy atom. The molecule has 2 aromatic rings. The standard InChI is InChI=1S/C13H13ClN4O2/c1-2-12-16-11(14)7-13(17-12)15-8-9-4-3-5-10(6-9)18(19)20/h3-7H,2,8H2,1H3,(H,15,16,17). The van der Waals surface area contributed by atoms with Crippen LogP contribution < -0.4 is 5.32 Å². The number of halogens is 1. The van der Waals surface area contributed by atoms with Crippen molar-refractivity contribution < 1.29 is 4.92 Å². The van der Waals surface area contributed by atoms with E-state index in [-0.39, 0.29) is 5.69 Å². The van der Waals surface area contributed by atoms with Gasteiger partial charge < -0.3 is 5.32 Å². The predicted octanol–water partition coefficient (Wildman–Crippen LogP) is 3.21. The minimum Gasteiger partial charge on any atom is -0.366 e. The van der Waals surface area contributed by atoms with E-state index in [9.17, 15) is 10.1 Å². The number of nitrogens with zero attached hydrogens (tertiary/aromatic N) is 3. The molecular weight excluding hydrogens is 280 g/mol. The zero-order chi connectivity index (χ0) is 14.5. The highest BCUT2D eigenvalue weighted by Gasteiger charge is 2.06. The first-order valence-corrected chi connectivity index (χ1v) is 6.47. The molecule has 0 radical (unpaired) electrons. The van der Waals surface area contributed by atoms with Gasteiger partial charge in [-0.15, -0.1) is 0 Å². The minimum atomic E-state index is -0.416. The molecule has 6 nitrogen and oxygen atoms in total. The first-order chi connectivity index (χ1) is 9.58. The van der Waals surface area contributed by atoms with Crippen molar-refractivity contribution >= 4 is 23.1 Å². The van der Waals surface area contributed by atoms with Crippen LogP contribution in [0.25, 0.3) is 0 Å². The summed E-state index contributed by atoms with van der Waals surface area (Å²) in [5.74, 6) is 1.26. The van der Waals surface area contributed by atoms with Crippen molar-refractivity contribution in [2.45, 2.75) is 19.9 Å². The van der Waals surface area contributed by atoms with E-state index in [2.05, 4.69) is 15.3 Å². The highest BCUT2D eigenvalue weighted by molar-refractivity contribution is 6.29. The van der Waals surface area contributed by atoms with Gasteiger partial charge in [-0.25, -0.2) is 9.97 Å². The van der Waals surface area contributed by atoms with Gasteiger partial charge >= 0.3 is 0 Å². The summed E-state index contributed by atoms with van der Waals surface area (Å²) in [5, 5.41) is 14.2. The Bertz CT molecular complexity index is 634. The summed E-state index contributed by atoms with van der Waals surface area (Å²) < 4.78 is 0. The summed E-state index contributed by atoms with van der Waals surface area (Å²) in [6, 6.07) is 8.07. The Hall–Kier alpha value is -2.21. The number of benzene rings is 1. The van der Waals surface area contributed by atoms with E-state index in [1.165, 1.54) is 12.1 Å². The zero-order valence-corrected chi connectivity index (χ0v) is 11.6. The van der Waals surface area contributed by atoms with Crippen LogP contribution in [0, 0.1) is 10.1 Å². The molecule has 1 N–H and O–H groups in total. The molecule has 0 bridgehead atoms. The van der Waals surface area contributed by atoms with Crippen molar-refractivity contribution in [3.63, 3.8) is 0 Å². The van der Waals surface area contributed by atoms with Crippen LogP contribution >= 0.6 is 11.6 Å². The van der Waals surface area contributed by atoms with Gasteiger partial charge in [0, 0.05) is 31.2 Å². The van der Waals surface area contributed by atoms with Crippen molar-refractivity contribution in [1.29, 1.82) is 0 Å². The van der Waals surface area contributed by atoms with E-state index in [1.54, 1.807) is 12.1 Å². The minimum absolute atomic E-state index is 0.0688. The first kappa shape index (κ1) is 14.2. The molecular formula is C13H13ClN4O2. The molecule has 1 aromatic heterocycles. The average molecular weight is 293 g/mol. The summed E-state index contributed by atoms with van der Waals surface area (Å²) >= 11 is 5.90. The number of non-ortho nitro benzene ring substituents is 1. The molecule has 0 amide bonds. The average Bonchev–Trinajstić information content (AvgIpc) is 2.44. The van der Waals surface area contributed by atoms with Crippen molar-refractivity contribution in [3.8, 4) is 0 Å². The third-order valence-electron chi connectivity index (χ3n) is 2.65. The highest BCUT2D eigenvalue weighted by atomic mass is 35.5. The second-order valence-corrected chi connectivity index (χ2v) is 4.51. The van der Waals surface area contributed by atoms with Crippen LogP contribution in [-0.2, 0) is 13.0 Å². The fourth-order valence-electron chi connectivity index (χ4n) is 1.69. The normalized spacial score (nSPS) is 10.3. The molecule has 0 saturated heterocycles. The van der Waals surface area contributed by atoms with E-state index in [1.807, 2.05) is 13.0 Å². The van der Waals surface area contributed by atoms with E-state index in [0.717, 1.165) is 5.56 Å². The molecule has 1 aromatic carbocycles. The molecule has 0 aliphatic heterocycles. The third kappa shape index (κ3) is 3.64. The number of aryl methyl sites for hydroxylation is 1. The Morgan fingerprint density at radius 1 is 1.35 bits per heavy atom. The van der Waals surface area contributed by atoms with Crippen molar-refractivity contribution in [1.82, 2.24) is 9.97 Å². The van der Waals surface area contributed by atoms with Gasteiger partial charge in [0.15, 0.2) is 0 Å². The predicted molar refractivity (Wildman–Crippen MR) is 76.8 cm³/mol. The molecule has 0 saturated carbocycles. The Labute approximate surface area is 121 Å². The van der Waals surface area contributed by atoms with Crippen LogP contribution in [0.5, 0.6) is 0 Å². The van der Waals surface area contributed by atoms with Gasteiger partial charge in [0.05, 0.1) is 4.92 Å². The van der Waals surface area contributed by atoms with E-state index in [4.69, 9.17) is 11.6 Å². The lowest BCUT2D eigenvalue weighted by atomic mass is 10.2. The summed E-state index contributed by atoms with van der Waals surface area (Å²) in [7, 11) is 0. The first-order valence-electron chi connectivity index (χ1n) is 6.09. The summed E-state index contributed by atoms with van der Waals surface area (Å²) in [6.45, 7) is 2.37. The van der Waals surface area contributed by atoms with Crippen molar-refractivity contribution in [3.05, 3.63) is 57.0 Å². The lowest BCUT2D eigenvalue weighted by Crippen LogP contribution is -2.04. The molecule has 0 aliphatic carbocycles. The highest BCUT2D eigenvalue weighted by Crippen LogP contribution is 2.16. The van der Waals surface area contributed by atoms with E-state index >= 15 is 0 Å². The largest absolute Gasteiger partial charge is 0.366 e. The van der Waals surface area contributed by atoms with Crippen molar-refractivity contribution in [2.75, 3.05) is 5.32 Å². The number of aromatic nitrogens is 2. The molecule has 1 heterocycles. The summed E-state index contributed by atoms with van der Waals surface area (Å²) in [4.78, 5) is 18.6. The SMILES string of the molecule is CCc1nc(Cl)cc(NCc2cccc([N+](=O)[O-])c2)n1. The fraction of sp³-hybridized carbons (Fsp3) is 0.231. The number of nitrogens with one attached hydrogen (secondary N) is 1. The van der Waals surface area contributed by atoms with Gasteiger partial charge in [-0.1, -0.05) is 30.7 Å². The molecule has 7 heteroatoms. The summed E-state index contributed by atoms with van der Waals surface area (Å²) in [6.07, 6.45) is 0.687. The van der Waals surface area contributed by atoms with Crippen LogP contribution in [0.3, 0.4) is 0 Å². The molecule has 0 atom stereocenters. The van der Waals surface area contributed by atoms with Crippen LogP contribution in [-0.4, -0.2) is 14.9 Å². The van der Waals surface area contributed by atoms with Gasteiger partial charge in [0.1, 0.15) is 16.8 Å². The second kappa shape index (κ2) is 6.29. The zero-order valence-electron chi connectivity index (χ0n) is 10.8. The van der Waals surface area contributed by atoms with Gasteiger partial charge in [-0.3, -0.25) is 10.1 Å². The Morgan fingerprint density at radius 3 is 2.85 bits per heavy atom. The molecule has 0 fully saturated rings. The monoisotopic (exact) mass is 292 g/mol. The Balaban J connectivity index is 2.10. The molecule has 20 heavy (non-hydrogen) atoms. The fourth-order valence-corrected chi connectivity index (χ4v) is 1.89. The number of hydrogen-bond acceptors (Lipinski definition) is 5. The maximum Gasteiger partial charge on any atom is 0.269 e. The van der Waals surface area contributed by atoms with Gasteiger partial charge in [-0.05, 0) is 5.56 Å². The lowest BCUT2D eigenvalue weighted by molar-refractivity contribution is -0.384. The van der Waals surface area contributed by atoms with Gasteiger partial charge in [-0.2, -0.15) is 0 Å². The number of nitro benzene ring substituents is 1. The topological polar surface area (TPSA) is 81.0 Å². The molecule has 0 aliphatic rings. The number of nitro groups is 1. The van der Waals surface area contributed by atoms with Crippen LogP contribution in [0.15, 0.2) is 30.3 Å². The van der Waals surface area contributed by atoms with Crippen LogP contribution in [0.2, 0.25) is 5.15 Å². The maximum absolute atomic E-state index is 10.7. The van der Waals surface area contributed by atoms with Gasteiger partial charge in [0.25, 0.3) is 5.69 Å². The number of hydrogen-bond donors (Lipinski definition) is 1. The van der Waals surface area contributed by atoms with Crippen LogP contribution in [0.1, 0.15) is 18.3 Å². The number of anilines is 1. The molecule has 0 spiro atoms. The van der Waals surface area contributed by atoms with E-state index < -0.39 is 4.92 Å². The molecule has 104 valence electrons. The maximum atomic E-state index is 10.7.